The lowest BCUT2D eigenvalue weighted by atomic mass is 10.1. The summed E-state index contributed by atoms with van der Waals surface area (Å²) in [5.74, 6) is 0.885. The zero-order valence-corrected chi connectivity index (χ0v) is 10.9. The summed E-state index contributed by atoms with van der Waals surface area (Å²) in [5, 5.41) is 17.9. The van der Waals surface area contributed by atoms with Crippen LogP contribution >= 0.6 is 0 Å². The van der Waals surface area contributed by atoms with Crippen molar-refractivity contribution in [2.45, 2.75) is 12.5 Å². The van der Waals surface area contributed by atoms with E-state index in [1.807, 2.05) is 18.2 Å². The first-order valence-electron chi connectivity index (χ1n) is 6.21. The van der Waals surface area contributed by atoms with Gasteiger partial charge in [0.25, 0.3) is 0 Å². The number of hydrogen-bond donors (Lipinski definition) is 2. The minimum atomic E-state index is -0.261. The molecule has 0 aliphatic rings. The van der Waals surface area contributed by atoms with Gasteiger partial charge in [0.1, 0.15) is 17.4 Å². The minimum absolute atomic E-state index is 0.0439. The van der Waals surface area contributed by atoms with Gasteiger partial charge in [0, 0.05) is 12.2 Å². The highest BCUT2D eigenvalue weighted by Gasteiger charge is 2.06. The third-order valence-corrected chi connectivity index (χ3v) is 2.76. The second kappa shape index (κ2) is 6.66. The van der Waals surface area contributed by atoms with Crippen LogP contribution < -0.4 is 10.5 Å². The SMILES string of the molecule is N#Cc1cccnc1Oc1ccc(CC(N)CO)cc1. The quantitative estimate of drug-likeness (QED) is 0.860. The molecule has 2 rings (SSSR count). The predicted octanol–water partition coefficient (Wildman–Crippen LogP) is 1.61. The smallest absolute Gasteiger partial charge is 0.237 e. The number of nitrogens with zero attached hydrogens (tertiary/aromatic N) is 2. The van der Waals surface area contributed by atoms with Gasteiger partial charge in [0.15, 0.2) is 0 Å². The predicted molar refractivity (Wildman–Crippen MR) is 74.2 cm³/mol. The van der Waals surface area contributed by atoms with Crippen LogP contribution in [0.3, 0.4) is 0 Å². The van der Waals surface area contributed by atoms with Gasteiger partial charge in [-0.3, -0.25) is 0 Å². The fourth-order valence-electron chi connectivity index (χ4n) is 1.73. The highest BCUT2D eigenvalue weighted by atomic mass is 16.5. The van der Waals surface area contributed by atoms with Crippen LogP contribution in [0.15, 0.2) is 42.6 Å². The van der Waals surface area contributed by atoms with E-state index in [1.54, 1.807) is 30.5 Å². The molecule has 0 bridgehead atoms. The van der Waals surface area contributed by atoms with Crippen LogP contribution in [0, 0.1) is 11.3 Å². The van der Waals surface area contributed by atoms with Crippen molar-refractivity contribution in [3.63, 3.8) is 0 Å². The number of ether oxygens (including phenoxy) is 1. The molecule has 3 N–H and O–H groups in total. The maximum atomic E-state index is 8.96. The van der Waals surface area contributed by atoms with Gasteiger partial charge in [-0.2, -0.15) is 5.26 Å². The Bertz CT molecular complexity index is 605. The standard InChI is InChI=1S/C15H15N3O2/c16-9-12-2-1-7-18-15(12)20-14-5-3-11(4-6-14)8-13(17)10-19/h1-7,13,19H,8,10,17H2. The van der Waals surface area contributed by atoms with Crippen LogP contribution in [-0.2, 0) is 6.42 Å². The average molecular weight is 269 g/mol. The lowest BCUT2D eigenvalue weighted by molar-refractivity contribution is 0.265. The molecule has 2 aromatic rings. The van der Waals surface area contributed by atoms with Gasteiger partial charge in [0.05, 0.1) is 6.61 Å². The Labute approximate surface area is 117 Å². The molecule has 1 atom stereocenters. The number of nitrogens with two attached hydrogens (primary N) is 1. The van der Waals surface area contributed by atoms with Crippen molar-refractivity contribution in [2.75, 3.05) is 6.61 Å². The normalized spacial score (nSPS) is 11.7. The molecule has 102 valence electrons. The first-order valence-corrected chi connectivity index (χ1v) is 6.21. The molecule has 1 aromatic carbocycles. The molecule has 1 heterocycles. The molecule has 0 radical (unpaired) electrons. The number of pyridine rings is 1. The lowest BCUT2D eigenvalue weighted by Gasteiger charge is -2.09. The Morgan fingerprint density at radius 2 is 2.05 bits per heavy atom. The summed E-state index contributed by atoms with van der Waals surface area (Å²) in [7, 11) is 0. The van der Waals surface area contributed by atoms with Gasteiger partial charge in [-0.15, -0.1) is 0 Å². The van der Waals surface area contributed by atoms with E-state index in [0.717, 1.165) is 5.56 Å². The topological polar surface area (TPSA) is 92.2 Å². The number of rotatable bonds is 5. The van der Waals surface area contributed by atoms with Crippen molar-refractivity contribution < 1.29 is 9.84 Å². The van der Waals surface area contributed by atoms with Crippen LogP contribution in [0.2, 0.25) is 0 Å². The van der Waals surface area contributed by atoms with E-state index in [-0.39, 0.29) is 18.5 Å². The van der Waals surface area contributed by atoms with Gasteiger partial charge in [-0.1, -0.05) is 12.1 Å². The van der Waals surface area contributed by atoms with E-state index in [1.165, 1.54) is 0 Å². The van der Waals surface area contributed by atoms with Crippen molar-refractivity contribution in [3.8, 4) is 17.7 Å². The Kier molecular flexibility index (Phi) is 4.66. The van der Waals surface area contributed by atoms with Gasteiger partial charge in [0.2, 0.25) is 5.88 Å². The van der Waals surface area contributed by atoms with Gasteiger partial charge in [-0.25, -0.2) is 4.98 Å². The third kappa shape index (κ3) is 3.54. The number of nitriles is 1. The van der Waals surface area contributed by atoms with Gasteiger partial charge in [-0.05, 0) is 36.2 Å². The number of aromatic nitrogens is 1. The molecule has 20 heavy (non-hydrogen) atoms. The molecular formula is C15H15N3O2. The Morgan fingerprint density at radius 3 is 2.70 bits per heavy atom. The zero-order chi connectivity index (χ0) is 14.4. The van der Waals surface area contributed by atoms with Crippen LogP contribution in [0.25, 0.3) is 0 Å². The Balaban J connectivity index is 2.09. The van der Waals surface area contributed by atoms with Crippen molar-refractivity contribution in [1.29, 1.82) is 5.26 Å². The Morgan fingerprint density at radius 1 is 1.30 bits per heavy atom. The van der Waals surface area contributed by atoms with Crippen molar-refractivity contribution in [1.82, 2.24) is 4.98 Å². The maximum absolute atomic E-state index is 8.96. The summed E-state index contributed by atoms with van der Waals surface area (Å²) in [5.41, 5.74) is 7.08. The minimum Gasteiger partial charge on any atom is -0.438 e. The monoisotopic (exact) mass is 269 g/mol. The maximum Gasteiger partial charge on any atom is 0.237 e. The van der Waals surface area contributed by atoms with Crippen molar-refractivity contribution in [3.05, 3.63) is 53.7 Å². The second-order valence-corrected chi connectivity index (χ2v) is 4.36. The molecule has 0 spiro atoms. The fraction of sp³-hybridized carbons (Fsp3) is 0.200. The summed E-state index contributed by atoms with van der Waals surface area (Å²) < 4.78 is 5.57. The summed E-state index contributed by atoms with van der Waals surface area (Å²) >= 11 is 0. The molecule has 5 nitrogen and oxygen atoms in total. The summed E-state index contributed by atoms with van der Waals surface area (Å²) in [6, 6.07) is 12.4. The molecule has 0 aliphatic heterocycles. The van der Waals surface area contributed by atoms with Crippen molar-refractivity contribution >= 4 is 0 Å². The lowest BCUT2D eigenvalue weighted by Crippen LogP contribution is -2.26. The number of aliphatic hydroxyl groups excluding tert-OH is 1. The van der Waals surface area contributed by atoms with E-state index in [9.17, 15) is 0 Å². The summed E-state index contributed by atoms with van der Waals surface area (Å²) in [4.78, 5) is 4.03. The molecule has 1 unspecified atom stereocenters. The van der Waals surface area contributed by atoms with Crippen LogP contribution in [0.1, 0.15) is 11.1 Å². The number of aliphatic hydroxyl groups is 1. The zero-order valence-electron chi connectivity index (χ0n) is 10.9. The van der Waals surface area contributed by atoms with Crippen LogP contribution in [0.4, 0.5) is 0 Å². The van der Waals surface area contributed by atoms with Crippen LogP contribution in [-0.4, -0.2) is 22.7 Å². The molecule has 0 saturated carbocycles. The third-order valence-electron chi connectivity index (χ3n) is 2.76. The van der Waals surface area contributed by atoms with Crippen LogP contribution in [0.5, 0.6) is 11.6 Å². The molecule has 0 aliphatic carbocycles. The number of hydrogen-bond acceptors (Lipinski definition) is 5. The largest absolute Gasteiger partial charge is 0.438 e. The fourth-order valence-corrected chi connectivity index (χ4v) is 1.73. The molecule has 0 amide bonds. The Hall–Kier alpha value is -2.42. The average Bonchev–Trinajstić information content (AvgIpc) is 2.49. The van der Waals surface area contributed by atoms with E-state index in [4.69, 9.17) is 20.8 Å². The van der Waals surface area contributed by atoms with E-state index >= 15 is 0 Å². The highest BCUT2D eigenvalue weighted by molar-refractivity contribution is 5.40. The van der Waals surface area contributed by atoms with Gasteiger partial charge < -0.3 is 15.6 Å². The molecule has 1 aromatic heterocycles. The molecule has 0 saturated heterocycles. The molecular weight excluding hydrogens is 254 g/mol. The first kappa shape index (κ1) is 14.0. The van der Waals surface area contributed by atoms with E-state index < -0.39 is 0 Å². The molecule has 0 fully saturated rings. The first-order chi connectivity index (χ1) is 9.72. The summed E-state index contributed by atoms with van der Waals surface area (Å²) in [6.45, 7) is -0.0439. The van der Waals surface area contributed by atoms with E-state index in [2.05, 4.69) is 4.98 Å². The molecule has 5 heteroatoms. The van der Waals surface area contributed by atoms with E-state index in [0.29, 0.717) is 17.7 Å². The van der Waals surface area contributed by atoms with Crippen molar-refractivity contribution in [2.24, 2.45) is 5.73 Å². The highest BCUT2D eigenvalue weighted by Crippen LogP contribution is 2.22. The summed E-state index contributed by atoms with van der Waals surface area (Å²) in [6.07, 6.45) is 2.18. The van der Waals surface area contributed by atoms with Gasteiger partial charge >= 0.3 is 0 Å². The number of benzene rings is 1. The second-order valence-electron chi connectivity index (χ2n) is 4.36.